The van der Waals surface area contributed by atoms with Gasteiger partial charge in [0.2, 0.25) is 0 Å². The van der Waals surface area contributed by atoms with E-state index in [1.54, 1.807) is 0 Å². The van der Waals surface area contributed by atoms with E-state index in [1.165, 1.54) is 77.9 Å². The molecule has 0 aliphatic carbocycles. The van der Waals surface area contributed by atoms with Crippen LogP contribution in [0.4, 0.5) is 0 Å². The summed E-state index contributed by atoms with van der Waals surface area (Å²) in [6, 6.07) is 19.1. The molecule has 0 unspecified atom stereocenters. The summed E-state index contributed by atoms with van der Waals surface area (Å²) in [6.45, 7) is 66.2. The van der Waals surface area contributed by atoms with E-state index in [1.807, 2.05) is 0 Å². The van der Waals surface area contributed by atoms with Crippen LogP contribution in [0.5, 0.6) is 11.5 Å². The van der Waals surface area contributed by atoms with Crippen LogP contribution in [-0.4, -0.2) is 19.8 Å². The lowest BCUT2D eigenvalue weighted by molar-refractivity contribution is -0.0175. The van der Waals surface area contributed by atoms with Crippen LogP contribution < -0.4 is 9.47 Å². The van der Waals surface area contributed by atoms with E-state index in [0.29, 0.717) is 13.2 Å². The Balaban J connectivity index is 2.32. The van der Waals surface area contributed by atoms with E-state index in [2.05, 4.69) is 242 Å². The Bertz CT molecular complexity index is 2180. The van der Waals surface area contributed by atoms with Crippen molar-refractivity contribution in [3.63, 3.8) is 0 Å². The fourth-order valence-electron chi connectivity index (χ4n) is 9.84. The first-order valence-corrected chi connectivity index (χ1v) is 25.5. The van der Waals surface area contributed by atoms with Crippen LogP contribution in [0.25, 0.3) is 0 Å². The zero-order valence-corrected chi connectivity index (χ0v) is 48.5. The molecule has 0 radical (unpaired) electrons. The van der Waals surface area contributed by atoms with E-state index in [4.69, 9.17) is 14.2 Å². The van der Waals surface area contributed by atoms with Crippen LogP contribution in [0.15, 0.2) is 48.5 Å². The molecule has 4 aromatic rings. The van der Waals surface area contributed by atoms with Crippen LogP contribution in [0.1, 0.15) is 244 Å². The minimum absolute atomic E-state index is 0.106. The lowest BCUT2D eigenvalue weighted by Gasteiger charge is -2.47. The molecular weight excluding hydrogens is 817 g/mol. The molecule has 372 valence electrons. The van der Waals surface area contributed by atoms with Gasteiger partial charge in [-0.15, -0.1) is 0 Å². The number of hydrogen-bond acceptors (Lipinski definition) is 3. The summed E-state index contributed by atoms with van der Waals surface area (Å²) in [5.41, 5.74) is 14.6. The average Bonchev–Trinajstić information content (AvgIpc) is 3.11. The van der Waals surface area contributed by atoms with Crippen LogP contribution in [0, 0.1) is 27.7 Å². The van der Waals surface area contributed by atoms with Gasteiger partial charge in [0, 0.05) is 33.4 Å². The molecule has 67 heavy (non-hydrogen) atoms. The molecule has 0 amide bonds. The molecule has 0 spiro atoms. The molecule has 4 aromatic carbocycles. The van der Waals surface area contributed by atoms with Crippen molar-refractivity contribution in [3.05, 3.63) is 126 Å². The summed E-state index contributed by atoms with van der Waals surface area (Å²) in [4.78, 5) is 0. The van der Waals surface area contributed by atoms with Gasteiger partial charge in [0.25, 0.3) is 0 Å². The molecule has 3 nitrogen and oxygen atoms in total. The molecule has 0 N–H and O–H groups in total. The molecule has 0 aromatic heterocycles. The fourth-order valence-corrected chi connectivity index (χ4v) is 9.84. The first-order chi connectivity index (χ1) is 29.9. The van der Waals surface area contributed by atoms with Crippen molar-refractivity contribution < 1.29 is 14.2 Å². The highest BCUT2D eigenvalue weighted by molar-refractivity contribution is 5.61. The minimum Gasteiger partial charge on any atom is -0.491 e. The number of hydrogen-bond donors (Lipinski definition) is 0. The van der Waals surface area contributed by atoms with Gasteiger partial charge >= 0.3 is 0 Å². The number of benzene rings is 4. The molecule has 0 saturated heterocycles. The quantitative estimate of drug-likeness (QED) is 0.148. The van der Waals surface area contributed by atoms with E-state index < -0.39 is 5.60 Å². The minimum atomic E-state index is -1.13. The molecule has 0 bridgehead atoms. The fraction of sp³-hybridized carbons (Fsp3) is 0.625. The maximum atomic E-state index is 8.61. The third-order valence-electron chi connectivity index (χ3n) is 13.4. The second-order valence-corrected chi connectivity index (χ2v) is 28.7. The Morgan fingerprint density at radius 2 is 0.522 bits per heavy atom. The Kier molecular flexibility index (Phi) is 15.6. The number of ether oxygens (including phenoxy) is 3. The van der Waals surface area contributed by atoms with E-state index >= 15 is 0 Å². The van der Waals surface area contributed by atoms with Crippen molar-refractivity contribution in [1.29, 1.82) is 0 Å². The van der Waals surface area contributed by atoms with Crippen LogP contribution in [0.2, 0.25) is 0 Å². The van der Waals surface area contributed by atoms with Crippen molar-refractivity contribution >= 4 is 0 Å². The molecule has 4 rings (SSSR count). The van der Waals surface area contributed by atoms with Gasteiger partial charge in [-0.25, -0.2) is 0 Å². The zero-order valence-electron chi connectivity index (χ0n) is 48.5. The Morgan fingerprint density at radius 1 is 0.299 bits per heavy atom. The summed E-state index contributed by atoms with van der Waals surface area (Å²) >= 11 is 0. The first kappa shape index (κ1) is 56.0. The molecule has 0 atom stereocenters. The smallest absolute Gasteiger partial charge is 0.183 e. The van der Waals surface area contributed by atoms with Gasteiger partial charge in [-0.3, -0.25) is 0 Å². The van der Waals surface area contributed by atoms with Crippen molar-refractivity contribution in [1.82, 2.24) is 0 Å². The predicted octanol–water partition coefficient (Wildman–Crippen LogP) is 17.7. The summed E-state index contributed by atoms with van der Waals surface area (Å²) < 4.78 is 23.1. The van der Waals surface area contributed by atoms with Gasteiger partial charge in [0.05, 0.1) is 13.2 Å². The van der Waals surface area contributed by atoms with Crippen molar-refractivity contribution in [2.24, 2.45) is 0 Å². The number of aryl methyl sites for hydroxylation is 4. The second kappa shape index (κ2) is 18.6. The molecule has 0 saturated carbocycles. The lowest BCUT2D eigenvalue weighted by atomic mass is 9.64. The Labute approximate surface area is 413 Å². The summed E-state index contributed by atoms with van der Waals surface area (Å²) in [7, 11) is 0. The topological polar surface area (TPSA) is 27.7 Å². The van der Waals surface area contributed by atoms with Crippen LogP contribution >= 0.6 is 0 Å². The maximum absolute atomic E-state index is 8.61. The second-order valence-electron chi connectivity index (χ2n) is 28.7. The van der Waals surface area contributed by atoms with Crippen molar-refractivity contribution in [2.75, 3.05) is 19.8 Å². The SMILES string of the molecule is Cc1cc(C(C)(C)C)c(OCCOCC(Oc2c(C(C)(C)C)cc(C)cc2C(C)(C)C)(c2c(C(C)(C)C)cc(C)cc2C(C)(C)C)c2c(C(C)(C)C)cc(C)cc2C(C)(C)C)c(C(C)(C)C)c1. The highest BCUT2D eigenvalue weighted by Crippen LogP contribution is 2.54. The Hall–Kier alpha value is -3.56. The third-order valence-corrected chi connectivity index (χ3v) is 13.4. The van der Waals surface area contributed by atoms with E-state index in [-0.39, 0.29) is 49.9 Å². The number of rotatable bonds is 10. The van der Waals surface area contributed by atoms with Gasteiger partial charge in [-0.2, -0.15) is 0 Å². The molecule has 0 fully saturated rings. The zero-order chi connectivity index (χ0) is 51.6. The molecule has 0 aliphatic rings. The summed E-state index contributed by atoms with van der Waals surface area (Å²) in [5.74, 6) is 1.93. The van der Waals surface area contributed by atoms with Gasteiger partial charge < -0.3 is 14.2 Å². The molecule has 3 heteroatoms. The average molecular weight is 915 g/mol. The van der Waals surface area contributed by atoms with Gasteiger partial charge in [0.1, 0.15) is 18.1 Å². The van der Waals surface area contributed by atoms with Gasteiger partial charge in [0.15, 0.2) is 5.60 Å². The molecule has 0 aliphatic heterocycles. The monoisotopic (exact) mass is 915 g/mol. The maximum Gasteiger partial charge on any atom is 0.183 e. The van der Waals surface area contributed by atoms with E-state index in [0.717, 1.165) is 11.5 Å². The first-order valence-electron chi connectivity index (χ1n) is 25.5. The molecule has 0 heterocycles. The summed E-state index contributed by atoms with van der Waals surface area (Å²) in [5, 5.41) is 0. The third kappa shape index (κ3) is 12.6. The van der Waals surface area contributed by atoms with Crippen molar-refractivity contribution in [3.8, 4) is 11.5 Å². The largest absolute Gasteiger partial charge is 0.491 e. The van der Waals surface area contributed by atoms with Gasteiger partial charge in [-0.05, 0) is 93.3 Å². The van der Waals surface area contributed by atoms with Crippen LogP contribution in [0.3, 0.4) is 0 Å². The van der Waals surface area contributed by atoms with E-state index in [9.17, 15) is 0 Å². The predicted molar refractivity (Wildman–Crippen MR) is 292 cm³/mol. The lowest BCUT2D eigenvalue weighted by Crippen LogP contribution is -2.48. The van der Waals surface area contributed by atoms with Crippen molar-refractivity contribution in [2.45, 2.75) is 243 Å². The standard InChI is InChI=1S/C64H98O3/c1-40-31-44(56(5,6)7)52(45(32-40)57(8,9)10)64(53-46(58(11,12)13)33-41(2)34-47(53)59(14,15)16,67-55-50(62(23,24)25)37-43(4)38-51(55)63(26,27)28)39-65-29-30-66-54-48(60(17,18)19)35-42(3)36-49(54)61(20,21)22/h31-38H,29-30,39H2,1-28H3. The Morgan fingerprint density at radius 3 is 0.761 bits per heavy atom. The summed E-state index contributed by atoms with van der Waals surface area (Å²) in [6.07, 6.45) is 0. The normalized spacial score (nSPS) is 13.9. The highest BCUT2D eigenvalue weighted by atomic mass is 16.6. The highest BCUT2D eigenvalue weighted by Gasteiger charge is 2.50. The van der Waals surface area contributed by atoms with Gasteiger partial charge in [-0.1, -0.05) is 237 Å². The van der Waals surface area contributed by atoms with Crippen LogP contribution in [-0.2, 0) is 53.7 Å². The molecular formula is C64H98O3.